The zero-order valence-corrected chi connectivity index (χ0v) is 11.9. The minimum absolute atomic E-state index is 0.249. The van der Waals surface area contributed by atoms with Gasteiger partial charge in [0.2, 0.25) is 0 Å². The van der Waals surface area contributed by atoms with E-state index in [4.69, 9.17) is 20.9 Å². The summed E-state index contributed by atoms with van der Waals surface area (Å²) in [5.41, 5.74) is 12.4. The van der Waals surface area contributed by atoms with Gasteiger partial charge in [0.15, 0.2) is 17.9 Å². The molecule has 6 heteroatoms. The van der Waals surface area contributed by atoms with Crippen LogP contribution in [0, 0.1) is 0 Å². The van der Waals surface area contributed by atoms with Crippen molar-refractivity contribution in [2.24, 2.45) is 16.5 Å². The molecule has 0 aromatic heterocycles. The molecular formula is C14H20N4O2. The Morgan fingerprint density at radius 2 is 2.00 bits per heavy atom. The van der Waals surface area contributed by atoms with Crippen LogP contribution in [0.15, 0.2) is 35.2 Å². The molecule has 0 saturated carbocycles. The first-order valence-corrected chi connectivity index (χ1v) is 6.43. The Morgan fingerprint density at radius 3 is 2.60 bits per heavy atom. The zero-order chi connectivity index (χ0) is 14.7. The minimum Gasteiger partial charge on any atom is -0.496 e. The lowest BCUT2D eigenvalue weighted by Gasteiger charge is -2.21. The zero-order valence-electron chi connectivity index (χ0n) is 11.9. The van der Waals surface area contributed by atoms with Crippen molar-refractivity contribution >= 4 is 5.84 Å². The maximum absolute atomic E-state index is 5.86. The molecule has 0 amide bonds. The summed E-state index contributed by atoms with van der Waals surface area (Å²) in [5, 5.41) is 2.85. The first-order chi connectivity index (χ1) is 9.52. The van der Waals surface area contributed by atoms with E-state index in [2.05, 4.69) is 24.2 Å². The standard InChI is InChI=1S/C14H20N4O2/c1-8(2)12-9(19-3)5-4-6-10(12)20-11-7-17-14(16)18-13(11)15/h4-8,14,17H,16H2,1-3H3,(H2,15,18). The van der Waals surface area contributed by atoms with Gasteiger partial charge in [-0.2, -0.15) is 0 Å². The van der Waals surface area contributed by atoms with Crippen LogP contribution < -0.4 is 26.3 Å². The Labute approximate surface area is 118 Å². The third-order valence-electron chi connectivity index (χ3n) is 2.96. The predicted molar refractivity (Wildman–Crippen MR) is 78.5 cm³/mol. The minimum atomic E-state index is -0.530. The third kappa shape index (κ3) is 2.85. The molecule has 0 aliphatic carbocycles. The van der Waals surface area contributed by atoms with Gasteiger partial charge in [-0.15, -0.1) is 0 Å². The van der Waals surface area contributed by atoms with Gasteiger partial charge < -0.3 is 20.5 Å². The van der Waals surface area contributed by atoms with E-state index in [1.165, 1.54) is 0 Å². The largest absolute Gasteiger partial charge is 0.496 e. The molecule has 20 heavy (non-hydrogen) atoms. The highest BCUT2D eigenvalue weighted by Gasteiger charge is 2.18. The van der Waals surface area contributed by atoms with Crippen molar-refractivity contribution < 1.29 is 9.47 Å². The molecule has 0 spiro atoms. The lowest BCUT2D eigenvalue weighted by atomic mass is 10.0. The average Bonchev–Trinajstić information content (AvgIpc) is 2.41. The summed E-state index contributed by atoms with van der Waals surface area (Å²) in [6.45, 7) is 4.15. The number of hydrogen-bond donors (Lipinski definition) is 3. The fourth-order valence-corrected chi connectivity index (χ4v) is 2.05. The Bertz CT molecular complexity index is 552. The number of nitrogens with one attached hydrogen (secondary N) is 1. The fourth-order valence-electron chi connectivity index (χ4n) is 2.05. The highest BCUT2D eigenvalue weighted by atomic mass is 16.5. The predicted octanol–water partition coefficient (Wildman–Crippen LogP) is 1.24. The molecule has 108 valence electrons. The van der Waals surface area contributed by atoms with E-state index < -0.39 is 6.29 Å². The van der Waals surface area contributed by atoms with Crippen LogP contribution in [-0.4, -0.2) is 19.2 Å². The summed E-state index contributed by atoms with van der Waals surface area (Å²) >= 11 is 0. The van der Waals surface area contributed by atoms with Crippen LogP contribution in [-0.2, 0) is 0 Å². The number of amidine groups is 1. The highest BCUT2D eigenvalue weighted by molar-refractivity contribution is 5.96. The molecule has 1 aliphatic heterocycles. The smallest absolute Gasteiger partial charge is 0.184 e. The molecule has 2 rings (SSSR count). The van der Waals surface area contributed by atoms with E-state index in [-0.39, 0.29) is 11.8 Å². The first-order valence-electron chi connectivity index (χ1n) is 6.43. The lowest BCUT2D eigenvalue weighted by molar-refractivity contribution is 0.391. The van der Waals surface area contributed by atoms with Crippen LogP contribution in [0.4, 0.5) is 0 Å². The molecule has 1 unspecified atom stereocenters. The summed E-state index contributed by atoms with van der Waals surface area (Å²) in [6, 6.07) is 5.65. The number of benzene rings is 1. The maximum Gasteiger partial charge on any atom is 0.184 e. The van der Waals surface area contributed by atoms with Crippen molar-refractivity contribution in [2.45, 2.75) is 26.1 Å². The van der Waals surface area contributed by atoms with Crippen LogP contribution >= 0.6 is 0 Å². The maximum atomic E-state index is 5.86. The van der Waals surface area contributed by atoms with Gasteiger partial charge in [0.05, 0.1) is 7.11 Å². The Hall–Kier alpha value is -2.21. The van der Waals surface area contributed by atoms with E-state index in [0.717, 1.165) is 11.3 Å². The summed E-state index contributed by atoms with van der Waals surface area (Å²) < 4.78 is 11.2. The van der Waals surface area contributed by atoms with Gasteiger partial charge in [-0.1, -0.05) is 19.9 Å². The van der Waals surface area contributed by atoms with Gasteiger partial charge in [0.1, 0.15) is 11.5 Å². The van der Waals surface area contributed by atoms with E-state index in [0.29, 0.717) is 11.5 Å². The summed E-state index contributed by atoms with van der Waals surface area (Å²) in [4.78, 5) is 4.01. The number of hydrogen-bond acceptors (Lipinski definition) is 6. The molecule has 1 aliphatic rings. The van der Waals surface area contributed by atoms with Crippen LogP contribution in [0.2, 0.25) is 0 Å². The Balaban J connectivity index is 2.33. The highest BCUT2D eigenvalue weighted by Crippen LogP contribution is 2.35. The van der Waals surface area contributed by atoms with Crippen molar-refractivity contribution in [1.29, 1.82) is 0 Å². The van der Waals surface area contributed by atoms with Gasteiger partial charge in [0.25, 0.3) is 0 Å². The Morgan fingerprint density at radius 1 is 1.30 bits per heavy atom. The second-order valence-corrected chi connectivity index (χ2v) is 4.76. The number of aliphatic imine (C=N–C) groups is 1. The fraction of sp³-hybridized carbons (Fsp3) is 0.357. The van der Waals surface area contributed by atoms with E-state index in [1.807, 2.05) is 18.2 Å². The second kappa shape index (κ2) is 5.83. The van der Waals surface area contributed by atoms with Gasteiger partial charge in [-0.25, -0.2) is 4.99 Å². The molecule has 1 aromatic carbocycles. The van der Waals surface area contributed by atoms with E-state index >= 15 is 0 Å². The summed E-state index contributed by atoms with van der Waals surface area (Å²) in [7, 11) is 1.64. The molecule has 1 aromatic rings. The number of ether oxygens (including phenoxy) is 2. The molecule has 6 nitrogen and oxygen atoms in total. The second-order valence-electron chi connectivity index (χ2n) is 4.76. The van der Waals surface area contributed by atoms with Crippen LogP contribution in [0.1, 0.15) is 25.3 Å². The number of nitrogens with zero attached hydrogens (tertiary/aromatic N) is 1. The van der Waals surface area contributed by atoms with Gasteiger partial charge in [-0.3, -0.25) is 5.73 Å². The molecule has 5 N–H and O–H groups in total. The first kappa shape index (κ1) is 14.2. The van der Waals surface area contributed by atoms with Crippen molar-refractivity contribution in [2.75, 3.05) is 7.11 Å². The van der Waals surface area contributed by atoms with Crippen molar-refractivity contribution in [3.63, 3.8) is 0 Å². The SMILES string of the molecule is COc1cccc(OC2=CNC(N)N=C2N)c1C(C)C. The van der Waals surface area contributed by atoms with Crippen LogP contribution in [0.3, 0.4) is 0 Å². The molecule has 0 fully saturated rings. The topological polar surface area (TPSA) is 94.9 Å². The van der Waals surface area contributed by atoms with Gasteiger partial charge >= 0.3 is 0 Å². The van der Waals surface area contributed by atoms with E-state index in [9.17, 15) is 0 Å². The quantitative estimate of drug-likeness (QED) is 0.769. The summed E-state index contributed by atoms with van der Waals surface area (Å²) in [6.07, 6.45) is 1.09. The van der Waals surface area contributed by atoms with E-state index in [1.54, 1.807) is 13.3 Å². The average molecular weight is 276 g/mol. The Kier molecular flexibility index (Phi) is 4.14. The van der Waals surface area contributed by atoms with Crippen LogP contribution in [0.5, 0.6) is 11.5 Å². The molecule has 0 bridgehead atoms. The van der Waals surface area contributed by atoms with Crippen molar-refractivity contribution in [1.82, 2.24) is 5.32 Å². The summed E-state index contributed by atoms with van der Waals surface area (Å²) in [5.74, 6) is 2.45. The van der Waals surface area contributed by atoms with Crippen molar-refractivity contribution in [3.05, 3.63) is 35.7 Å². The lowest BCUT2D eigenvalue weighted by Crippen LogP contribution is -2.40. The normalized spacial score (nSPS) is 18.1. The van der Waals surface area contributed by atoms with Gasteiger partial charge in [-0.05, 0) is 18.1 Å². The third-order valence-corrected chi connectivity index (χ3v) is 2.96. The molecular weight excluding hydrogens is 256 g/mol. The monoisotopic (exact) mass is 276 g/mol. The molecule has 1 atom stereocenters. The van der Waals surface area contributed by atoms with Gasteiger partial charge in [0, 0.05) is 11.8 Å². The molecule has 0 radical (unpaired) electrons. The number of methoxy groups -OCH3 is 1. The molecule has 1 heterocycles. The van der Waals surface area contributed by atoms with Crippen molar-refractivity contribution in [3.8, 4) is 11.5 Å². The number of rotatable bonds is 4. The van der Waals surface area contributed by atoms with Crippen LogP contribution in [0.25, 0.3) is 0 Å². The number of nitrogens with two attached hydrogens (primary N) is 2. The molecule has 0 saturated heterocycles.